The first-order valence-electron chi connectivity index (χ1n) is 15.3. The van der Waals surface area contributed by atoms with Gasteiger partial charge < -0.3 is 13.3 Å². The molecule has 0 N–H and O–H groups in total. The van der Waals surface area contributed by atoms with Crippen molar-refractivity contribution in [1.82, 2.24) is 19.9 Å². The average Bonchev–Trinajstić information content (AvgIpc) is 3.83. The van der Waals surface area contributed by atoms with Crippen LogP contribution in [0.3, 0.4) is 0 Å². The van der Waals surface area contributed by atoms with Crippen LogP contribution in [0.4, 0.5) is 0 Å². The Morgan fingerprint density at radius 2 is 1.02 bits per heavy atom. The highest BCUT2D eigenvalue weighted by atomic mass is 16.4. The van der Waals surface area contributed by atoms with Crippen molar-refractivity contribution in [3.05, 3.63) is 133 Å². The summed E-state index contributed by atoms with van der Waals surface area (Å²) in [6, 6.07) is 43.9. The Balaban J connectivity index is 1.11. The van der Waals surface area contributed by atoms with Crippen molar-refractivity contribution in [3.63, 3.8) is 0 Å². The number of furan rings is 2. The smallest absolute Gasteiger partial charge is 0.227 e. The lowest BCUT2D eigenvalue weighted by Crippen LogP contribution is -2.00. The van der Waals surface area contributed by atoms with E-state index in [-0.39, 0.29) is 0 Å². The van der Waals surface area contributed by atoms with Crippen LogP contribution in [-0.4, -0.2) is 19.9 Å². The second kappa shape index (κ2) is 9.95. The third kappa shape index (κ3) is 4.14. The van der Waals surface area contributed by atoms with Crippen LogP contribution in [0.25, 0.3) is 101 Å². The third-order valence-corrected chi connectivity index (χ3v) is 8.57. The summed E-state index contributed by atoms with van der Waals surface area (Å²) in [5.41, 5.74) is 7.93. The van der Waals surface area contributed by atoms with Crippen molar-refractivity contribution >= 4 is 55.0 Å². The maximum atomic E-state index is 6.55. The molecule has 0 aliphatic heterocycles. The van der Waals surface area contributed by atoms with Crippen LogP contribution in [-0.2, 0) is 0 Å². The molecule has 0 atom stereocenters. The zero-order valence-electron chi connectivity index (χ0n) is 24.7. The van der Waals surface area contributed by atoms with Crippen LogP contribution in [0.1, 0.15) is 0 Å². The summed E-state index contributed by atoms with van der Waals surface area (Å²) in [5, 5.41) is 3.96. The van der Waals surface area contributed by atoms with Crippen molar-refractivity contribution in [3.8, 4) is 45.6 Å². The number of fused-ring (bicyclic) bond motifs is 7. The molecular formula is C40H22N4O3. The molecule has 0 unspecified atom stereocenters. The van der Waals surface area contributed by atoms with Gasteiger partial charge in [0, 0.05) is 44.3 Å². The Bertz CT molecular complexity index is 2740. The fourth-order valence-electron chi connectivity index (χ4n) is 6.31. The standard InChI is InChI=1S/C40H22N4O3/c1-3-10-23(11-4-1)37-42-38(24-12-5-2-6-13-24)44-39(43-37)28-16-9-15-27-30-21-31-35(22-34(30)46-36(27)28)47-40(41-31)25-18-19-33-29(20-25)26-14-7-8-17-32(26)45-33/h1-22H. The Morgan fingerprint density at radius 3 is 1.81 bits per heavy atom. The Hall–Kier alpha value is -6.60. The topological polar surface area (TPSA) is 91.0 Å². The Labute approximate surface area is 266 Å². The molecule has 7 nitrogen and oxygen atoms in total. The Kier molecular flexibility index (Phi) is 5.44. The summed E-state index contributed by atoms with van der Waals surface area (Å²) >= 11 is 0. The van der Waals surface area contributed by atoms with Crippen LogP contribution >= 0.6 is 0 Å². The molecule has 47 heavy (non-hydrogen) atoms. The number of oxazole rings is 1. The van der Waals surface area contributed by atoms with Gasteiger partial charge in [-0.1, -0.05) is 91.0 Å². The minimum absolute atomic E-state index is 0.536. The summed E-state index contributed by atoms with van der Waals surface area (Å²) in [5.74, 6) is 2.27. The van der Waals surface area contributed by atoms with E-state index in [2.05, 4.69) is 12.1 Å². The molecule has 4 heterocycles. The van der Waals surface area contributed by atoms with Crippen molar-refractivity contribution < 1.29 is 13.3 Å². The fraction of sp³-hybridized carbons (Fsp3) is 0. The zero-order chi connectivity index (χ0) is 30.9. The number of para-hydroxylation sites is 2. The summed E-state index contributed by atoms with van der Waals surface area (Å²) in [4.78, 5) is 19.6. The predicted octanol–water partition coefficient (Wildman–Crippen LogP) is 10.5. The normalized spacial score (nSPS) is 11.8. The van der Waals surface area contributed by atoms with Gasteiger partial charge in [-0.3, -0.25) is 0 Å². The minimum Gasteiger partial charge on any atom is -0.456 e. The van der Waals surface area contributed by atoms with E-state index in [1.165, 1.54) is 0 Å². The van der Waals surface area contributed by atoms with Gasteiger partial charge in [0.05, 0.1) is 5.56 Å². The van der Waals surface area contributed by atoms with E-state index in [0.29, 0.717) is 40.1 Å². The van der Waals surface area contributed by atoms with E-state index in [1.807, 2.05) is 121 Å². The molecule has 0 spiro atoms. The summed E-state index contributed by atoms with van der Waals surface area (Å²) in [7, 11) is 0. The first-order valence-corrected chi connectivity index (χ1v) is 15.3. The van der Waals surface area contributed by atoms with Crippen molar-refractivity contribution in [2.45, 2.75) is 0 Å². The quantitative estimate of drug-likeness (QED) is 0.197. The van der Waals surface area contributed by atoms with E-state index in [0.717, 1.165) is 60.5 Å². The van der Waals surface area contributed by atoms with Gasteiger partial charge in [-0.15, -0.1) is 0 Å². The molecule has 7 heteroatoms. The molecule has 10 rings (SSSR count). The first kappa shape index (κ1) is 25.7. The fourth-order valence-corrected chi connectivity index (χ4v) is 6.31. The molecule has 0 fully saturated rings. The van der Waals surface area contributed by atoms with Gasteiger partial charge in [0.25, 0.3) is 0 Å². The molecule has 0 aliphatic carbocycles. The molecule has 0 saturated carbocycles. The number of rotatable bonds is 4. The second-order valence-corrected chi connectivity index (χ2v) is 11.5. The highest BCUT2D eigenvalue weighted by Gasteiger charge is 2.20. The third-order valence-electron chi connectivity index (χ3n) is 8.57. The summed E-state index contributed by atoms with van der Waals surface area (Å²) in [6.07, 6.45) is 0. The van der Waals surface area contributed by atoms with Gasteiger partial charge in [0.2, 0.25) is 5.89 Å². The van der Waals surface area contributed by atoms with Gasteiger partial charge in [-0.25, -0.2) is 19.9 Å². The van der Waals surface area contributed by atoms with E-state index >= 15 is 0 Å². The molecule has 0 bridgehead atoms. The van der Waals surface area contributed by atoms with E-state index < -0.39 is 0 Å². The average molecular weight is 607 g/mol. The number of nitrogens with zero attached hydrogens (tertiary/aromatic N) is 4. The molecule has 220 valence electrons. The first-order chi connectivity index (χ1) is 23.2. The number of aromatic nitrogens is 4. The van der Waals surface area contributed by atoms with Gasteiger partial charge in [0.1, 0.15) is 27.8 Å². The summed E-state index contributed by atoms with van der Waals surface area (Å²) < 4.78 is 18.9. The maximum Gasteiger partial charge on any atom is 0.227 e. The lowest BCUT2D eigenvalue weighted by Gasteiger charge is -2.08. The zero-order valence-corrected chi connectivity index (χ0v) is 24.7. The highest BCUT2D eigenvalue weighted by molar-refractivity contribution is 6.12. The van der Waals surface area contributed by atoms with E-state index in [4.69, 9.17) is 33.2 Å². The SMILES string of the molecule is c1ccc(-c2nc(-c3ccccc3)nc(-c3cccc4c3oc3cc5oc(-c6ccc7oc8ccccc8c7c6)nc5cc34)n2)cc1. The molecule has 0 saturated heterocycles. The second-order valence-electron chi connectivity index (χ2n) is 11.5. The van der Waals surface area contributed by atoms with Crippen molar-refractivity contribution in [2.24, 2.45) is 0 Å². The lowest BCUT2D eigenvalue weighted by atomic mass is 10.1. The number of hydrogen-bond acceptors (Lipinski definition) is 7. The molecule has 0 radical (unpaired) electrons. The molecular weight excluding hydrogens is 584 g/mol. The maximum absolute atomic E-state index is 6.55. The molecule has 10 aromatic rings. The van der Waals surface area contributed by atoms with Crippen molar-refractivity contribution in [1.29, 1.82) is 0 Å². The van der Waals surface area contributed by atoms with Crippen LogP contribution in [0.15, 0.2) is 147 Å². The van der Waals surface area contributed by atoms with E-state index in [1.54, 1.807) is 0 Å². The largest absolute Gasteiger partial charge is 0.456 e. The van der Waals surface area contributed by atoms with Crippen LogP contribution in [0, 0.1) is 0 Å². The molecule has 0 aliphatic rings. The van der Waals surface area contributed by atoms with Gasteiger partial charge in [-0.2, -0.15) is 0 Å². The molecule has 6 aromatic carbocycles. The van der Waals surface area contributed by atoms with Crippen LogP contribution in [0.5, 0.6) is 0 Å². The van der Waals surface area contributed by atoms with Gasteiger partial charge >= 0.3 is 0 Å². The Morgan fingerprint density at radius 1 is 0.362 bits per heavy atom. The monoisotopic (exact) mass is 606 g/mol. The highest BCUT2D eigenvalue weighted by Crippen LogP contribution is 2.39. The number of hydrogen-bond donors (Lipinski definition) is 0. The van der Waals surface area contributed by atoms with Crippen LogP contribution < -0.4 is 0 Å². The lowest BCUT2D eigenvalue weighted by molar-refractivity contribution is 0.617. The minimum atomic E-state index is 0.536. The number of benzene rings is 6. The van der Waals surface area contributed by atoms with Gasteiger partial charge in [0.15, 0.2) is 23.1 Å². The van der Waals surface area contributed by atoms with Crippen molar-refractivity contribution in [2.75, 3.05) is 0 Å². The summed E-state index contributed by atoms with van der Waals surface area (Å²) in [6.45, 7) is 0. The predicted molar refractivity (Wildman–Crippen MR) is 184 cm³/mol. The van der Waals surface area contributed by atoms with E-state index in [9.17, 15) is 0 Å². The molecule has 4 aromatic heterocycles. The molecule has 0 amide bonds. The van der Waals surface area contributed by atoms with Crippen LogP contribution in [0.2, 0.25) is 0 Å². The van der Waals surface area contributed by atoms with Gasteiger partial charge in [-0.05, 0) is 36.4 Å².